The van der Waals surface area contributed by atoms with Gasteiger partial charge in [-0.15, -0.1) is 11.3 Å². The summed E-state index contributed by atoms with van der Waals surface area (Å²) >= 11 is 1.32. The van der Waals surface area contributed by atoms with Gasteiger partial charge in [0.15, 0.2) is 5.13 Å². The molecule has 8 heteroatoms. The summed E-state index contributed by atoms with van der Waals surface area (Å²) in [5, 5.41) is 2.32. The molecule has 0 N–H and O–H groups in total. The molecule has 1 aliphatic rings. The van der Waals surface area contributed by atoms with Crippen LogP contribution in [0, 0.1) is 5.92 Å². The van der Waals surface area contributed by atoms with Gasteiger partial charge < -0.3 is 9.64 Å². The Bertz CT molecular complexity index is 752. The summed E-state index contributed by atoms with van der Waals surface area (Å²) in [6.07, 6.45) is -3.11. The van der Waals surface area contributed by atoms with Crippen molar-refractivity contribution < 1.29 is 22.7 Å². The molecule has 25 heavy (non-hydrogen) atoms. The van der Waals surface area contributed by atoms with Gasteiger partial charge in [0.05, 0.1) is 24.3 Å². The highest BCUT2D eigenvalue weighted by molar-refractivity contribution is 7.14. The van der Waals surface area contributed by atoms with E-state index in [1.54, 1.807) is 11.4 Å². The van der Waals surface area contributed by atoms with Crippen molar-refractivity contribution in [2.24, 2.45) is 5.92 Å². The molecule has 1 aliphatic heterocycles. The van der Waals surface area contributed by atoms with Crippen LogP contribution in [0.2, 0.25) is 0 Å². The highest BCUT2D eigenvalue weighted by Crippen LogP contribution is 2.38. The smallest absolute Gasteiger partial charge is 0.417 e. The minimum atomic E-state index is -4.42. The second-order valence-corrected chi connectivity index (χ2v) is 6.68. The van der Waals surface area contributed by atoms with E-state index in [0.29, 0.717) is 36.8 Å². The van der Waals surface area contributed by atoms with Crippen molar-refractivity contribution in [2.75, 3.05) is 25.1 Å². The number of benzene rings is 1. The molecule has 4 nitrogen and oxygen atoms in total. The molecule has 0 spiro atoms. The van der Waals surface area contributed by atoms with Crippen LogP contribution in [-0.4, -0.2) is 31.2 Å². The number of nitrogens with zero attached hydrogens (tertiary/aromatic N) is 2. The van der Waals surface area contributed by atoms with E-state index >= 15 is 0 Å². The summed E-state index contributed by atoms with van der Waals surface area (Å²) in [5.74, 6) is -0.328. The fourth-order valence-electron chi connectivity index (χ4n) is 2.96. The third kappa shape index (κ3) is 3.78. The number of halogens is 3. The number of esters is 1. The Morgan fingerprint density at radius 1 is 1.28 bits per heavy atom. The SMILES string of the molecule is COC(=O)C1CCN(c2nc(-c3ccccc3C(F)(F)F)cs2)CC1. The van der Waals surface area contributed by atoms with E-state index in [9.17, 15) is 18.0 Å². The molecule has 0 radical (unpaired) electrons. The molecule has 3 rings (SSSR count). The molecule has 0 atom stereocenters. The van der Waals surface area contributed by atoms with Crippen LogP contribution in [0.25, 0.3) is 11.3 Å². The number of alkyl halides is 3. The number of thiazole rings is 1. The average Bonchev–Trinajstić information content (AvgIpc) is 3.10. The Hall–Kier alpha value is -2.09. The number of anilines is 1. The standard InChI is InChI=1S/C17H17F3N2O2S/c1-24-15(23)11-6-8-22(9-7-11)16-21-14(10-25-16)12-4-2-3-5-13(12)17(18,19)20/h2-5,10-11H,6-9H2,1H3. The molecule has 134 valence electrons. The molecule has 1 saturated heterocycles. The first-order valence-electron chi connectivity index (χ1n) is 7.85. The summed E-state index contributed by atoms with van der Waals surface area (Å²) in [4.78, 5) is 18.0. The Morgan fingerprint density at radius 3 is 2.60 bits per heavy atom. The topological polar surface area (TPSA) is 42.4 Å². The predicted octanol–water partition coefficient (Wildman–Crippen LogP) is 4.22. The molecule has 2 aromatic rings. The lowest BCUT2D eigenvalue weighted by Crippen LogP contribution is -2.36. The van der Waals surface area contributed by atoms with Gasteiger partial charge in [0.25, 0.3) is 0 Å². The average molecular weight is 370 g/mol. The van der Waals surface area contributed by atoms with Crippen LogP contribution in [0.5, 0.6) is 0 Å². The number of piperidine rings is 1. The zero-order chi connectivity index (χ0) is 18.0. The highest BCUT2D eigenvalue weighted by atomic mass is 32.1. The Labute approximate surface area is 147 Å². The largest absolute Gasteiger partial charge is 0.469 e. The lowest BCUT2D eigenvalue weighted by atomic mass is 9.97. The maximum atomic E-state index is 13.2. The van der Waals surface area contributed by atoms with E-state index in [-0.39, 0.29) is 17.5 Å². The van der Waals surface area contributed by atoms with E-state index in [4.69, 9.17) is 4.74 Å². The summed E-state index contributed by atoms with van der Waals surface area (Å²) in [6, 6.07) is 5.45. The highest BCUT2D eigenvalue weighted by Gasteiger charge is 2.34. The van der Waals surface area contributed by atoms with Gasteiger partial charge in [0, 0.05) is 24.0 Å². The van der Waals surface area contributed by atoms with Crippen LogP contribution in [0.4, 0.5) is 18.3 Å². The van der Waals surface area contributed by atoms with Gasteiger partial charge in [0.1, 0.15) is 0 Å². The molecular weight excluding hydrogens is 353 g/mol. The Morgan fingerprint density at radius 2 is 1.96 bits per heavy atom. The van der Waals surface area contributed by atoms with Crippen molar-refractivity contribution in [3.05, 3.63) is 35.2 Å². The summed E-state index contributed by atoms with van der Waals surface area (Å²) in [5.41, 5.74) is -0.277. The zero-order valence-corrected chi connectivity index (χ0v) is 14.4. The minimum absolute atomic E-state index is 0.0851. The number of ether oxygens (including phenoxy) is 1. The Kier molecular flexibility index (Phi) is 4.99. The first kappa shape index (κ1) is 17.7. The maximum absolute atomic E-state index is 13.2. The van der Waals surface area contributed by atoms with Crippen LogP contribution in [0.3, 0.4) is 0 Å². The molecular formula is C17H17F3N2O2S. The van der Waals surface area contributed by atoms with Crippen molar-refractivity contribution in [1.29, 1.82) is 0 Å². The number of carbonyl (C=O) groups excluding carboxylic acids is 1. The number of aromatic nitrogens is 1. The normalized spacial score (nSPS) is 16.1. The summed E-state index contributed by atoms with van der Waals surface area (Å²) in [7, 11) is 1.37. The van der Waals surface area contributed by atoms with Gasteiger partial charge in [0.2, 0.25) is 0 Å². The lowest BCUT2D eigenvalue weighted by molar-refractivity contribution is -0.146. The first-order chi connectivity index (χ1) is 11.9. The number of methoxy groups -OCH3 is 1. The Balaban J connectivity index is 1.78. The first-order valence-corrected chi connectivity index (χ1v) is 8.73. The molecule has 0 saturated carbocycles. The number of hydrogen-bond acceptors (Lipinski definition) is 5. The number of rotatable bonds is 3. The van der Waals surface area contributed by atoms with Crippen molar-refractivity contribution in [1.82, 2.24) is 4.98 Å². The lowest BCUT2D eigenvalue weighted by Gasteiger charge is -2.30. The molecule has 0 amide bonds. The summed E-state index contributed by atoms with van der Waals surface area (Å²) < 4.78 is 44.3. The predicted molar refractivity (Wildman–Crippen MR) is 89.5 cm³/mol. The van der Waals surface area contributed by atoms with Crippen molar-refractivity contribution in [3.63, 3.8) is 0 Å². The third-order valence-electron chi connectivity index (χ3n) is 4.30. The number of hydrogen-bond donors (Lipinski definition) is 0. The third-order valence-corrected chi connectivity index (χ3v) is 5.20. The van der Waals surface area contributed by atoms with Gasteiger partial charge in [-0.1, -0.05) is 18.2 Å². The van der Waals surface area contributed by atoms with Gasteiger partial charge in [-0.2, -0.15) is 13.2 Å². The summed E-state index contributed by atoms with van der Waals surface area (Å²) in [6.45, 7) is 1.27. The van der Waals surface area contributed by atoms with Gasteiger partial charge >= 0.3 is 12.1 Å². The van der Waals surface area contributed by atoms with Crippen molar-refractivity contribution >= 4 is 22.4 Å². The van der Waals surface area contributed by atoms with Gasteiger partial charge in [-0.05, 0) is 18.9 Å². The van der Waals surface area contributed by atoms with Gasteiger partial charge in [-0.25, -0.2) is 4.98 Å². The van der Waals surface area contributed by atoms with E-state index < -0.39 is 11.7 Å². The van der Waals surface area contributed by atoms with Crippen molar-refractivity contribution in [2.45, 2.75) is 19.0 Å². The monoisotopic (exact) mass is 370 g/mol. The molecule has 0 bridgehead atoms. The van der Waals surface area contributed by atoms with E-state index in [1.807, 2.05) is 4.90 Å². The molecule has 0 unspecified atom stereocenters. The maximum Gasteiger partial charge on any atom is 0.417 e. The second kappa shape index (κ2) is 7.03. The van der Waals surface area contributed by atoms with Crippen LogP contribution in [-0.2, 0) is 15.7 Å². The van der Waals surface area contributed by atoms with E-state index in [2.05, 4.69) is 4.98 Å². The van der Waals surface area contributed by atoms with Crippen LogP contribution in [0.1, 0.15) is 18.4 Å². The zero-order valence-electron chi connectivity index (χ0n) is 13.5. The second-order valence-electron chi connectivity index (χ2n) is 5.84. The molecule has 1 aromatic heterocycles. The minimum Gasteiger partial charge on any atom is -0.469 e. The van der Waals surface area contributed by atoms with Gasteiger partial charge in [-0.3, -0.25) is 4.79 Å². The van der Waals surface area contributed by atoms with Crippen LogP contribution < -0.4 is 4.90 Å². The fraction of sp³-hybridized carbons (Fsp3) is 0.412. The van der Waals surface area contributed by atoms with E-state index in [1.165, 1.54) is 30.6 Å². The van der Waals surface area contributed by atoms with E-state index in [0.717, 1.165) is 6.07 Å². The molecule has 0 aliphatic carbocycles. The number of carbonyl (C=O) groups is 1. The molecule has 1 fully saturated rings. The van der Waals surface area contributed by atoms with Crippen LogP contribution in [0.15, 0.2) is 29.6 Å². The molecule has 1 aromatic carbocycles. The quantitative estimate of drug-likeness (QED) is 0.759. The fourth-order valence-corrected chi connectivity index (χ4v) is 3.84. The molecule has 2 heterocycles. The van der Waals surface area contributed by atoms with Crippen LogP contribution >= 0.6 is 11.3 Å². The van der Waals surface area contributed by atoms with Crippen molar-refractivity contribution in [3.8, 4) is 11.3 Å².